The molecule has 1 atom stereocenters. The summed E-state index contributed by atoms with van der Waals surface area (Å²) in [5, 5.41) is 2.02. The van der Waals surface area contributed by atoms with Crippen LogP contribution in [0.2, 0.25) is 0 Å². The van der Waals surface area contributed by atoms with Gasteiger partial charge in [0.25, 0.3) is 0 Å². The normalized spacial score (nSPS) is 12.9. The van der Waals surface area contributed by atoms with Gasteiger partial charge in [-0.2, -0.15) is 5.06 Å². The Bertz CT molecular complexity index is 311. The van der Waals surface area contributed by atoms with Crippen LogP contribution in [-0.2, 0) is 4.84 Å². The number of benzene rings is 1. The van der Waals surface area contributed by atoms with Gasteiger partial charge < -0.3 is 10.6 Å². The molecule has 1 aromatic rings. The maximum Gasteiger partial charge on any atom is 0.0575 e. The van der Waals surface area contributed by atoms with Gasteiger partial charge in [-0.3, -0.25) is 0 Å². The molecule has 1 unspecified atom stereocenters. The van der Waals surface area contributed by atoms with Crippen LogP contribution >= 0.6 is 0 Å². The van der Waals surface area contributed by atoms with E-state index in [0.717, 1.165) is 31.6 Å². The molecule has 0 spiro atoms. The largest absolute Gasteiger partial charge is 0.399 e. The fourth-order valence-electron chi connectivity index (χ4n) is 1.87. The summed E-state index contributed by atoms with van der Waals surface area (Å²) < 4.78 is 0. The quantitative estimate of drug-likeness (QED) is 0.584. The summed E-state index contributed by atoms with van der Waals surface area (Å²) in [5.41, 5.74) is 7.85. The van der Waals surface area contributed by atoms with Crippen molar-refractivity contribution < 1.29 is 4.84 Å². The van der Waals surface area contributed by atoms with Crippen molar-refractivity contribution >= 4 is 5.69 Å². The van der Waals surface area contributed by atoms with E-state index in [1.807, 2.05) is 17.2 Å². The van der Waals surface area contributed by atoms with Gasteiger partial charge in [-0.15, -0.1) is 0 Å². The van der Waals surface area contributed by atoms with Crippen LogP contribution in [0.4, 0.5) is 5.69 Å². The molecule has 96 valence electrons. The number of rotatable bonds is 7. The highest BCUT2D eigenvalue weighted by Gasteiger charge is 2.08. The summed E-state index contributed by atoms with van der Waals surface area (Å²) in [6.45, 7) is 6.36. The average Bonchev–Trinajstić information content (AvgIpc) is 2.35. The smallest absolute Gasteiger partial charge is 0.0575 e. The number of hydrogen-bond donors (Lipinski definition) is 1. The van der Waals surface area contributed by atoms with Gasteiger partial charge in [0.15, 0.2) is 0 Å². The fraction of sp³-hybridized carbons (Fsp3) is 0.571. The van der Waals surface area contributed by atoms with Crippen LogP contribution in [0.5, 0.6) is 0 Å². The number of hydrogen-bond acceptors (Lipinski definition) is 3. The van der Waals surface area contributed by atoms with Crippen LogP contribution in [0, 0.1) is 0 Å². The molecule has 1 rings (SSSR count). The van der Waals surface area contributed by atoms with Crippen LogP contribution < -0.4 is 5.73 Å². The van der Waals surface area contributed by atoms with E-state index in [1.165, 1.54) is 5.56 Å². The predicted octanol–water partition coefficient (Wildman–Crippen LogP) is 3.04. The van der Waals surface area contributed by atoms with Crippen molar-refractivity contribution in [3.63, 3.8) is 0 Å². The fourth-order valence-corrected chi connectivity index (χ4v) is 1.87. The Morgan fingerprint density at radius 2 is 1.88 bits per heavy atom. The Morgan fingerprint density at radius 1 is 1.24 bits per heavy atom. The second kappa shape index (κ2) is 7.30. The topological polar surface area (TPSA) is 38.5 Å². The van der Waals surface area contributed by atoms with Crippen LogP contribution in [0.3, 0.4) is 0 Å². The number of hydroxylamine groups is 2. The molecule has 0 aromatic heterocycles. The van der Waals surface area contributed by atoms with Gasteiger partial charge in [0.2, 0.25) is 0 Å². The molecule has 0 bridgehead atoms. The zero-order chi connectivity index (χ0) is 12.7. The van der Waals surface area contributed by atoms with E-state index in [1.54, 1.807) is 7.11 Å². The van der Waals surface area contributed by atoms with Crippen LogP contribution in [-0.4, -0.2) is 25.3 Å². The second-order valence-corrected chi connectivity index (χ2v) is 4.47. The molecular formula is C14H24N2O. The lowest BCUT2D eigenvalue weighted by Gasteiger charge is -2.21. The lowest BCUT2D eigenvalue weighted by Crippen LogP contribution is -2.25. The van der Waals surface area contributed by atoms with Gasteiger partial charge >= 0.3 is 0 Å². The third kappa shape index (κ3) is 4.75. The minimum absolute atomic E-state index is 0.533. The first kappa shape index (κ1) is 14.0. The summed E-state index contributed by atoms with van der Waals surface area (Å²) in [7, 11) is 1.74. The molecule has 0 saturated heterocycles. The highest BCUT2D eigenvalue weighted by atomic mass is 16.7. The second-order valence-electron chi connectivity index (χ2n) is 4.47. The van der Waals surface area contributed by atoms with Gasteiger partial charge in [-0.25, -0.2) is 0 Å². The van der Waals surface area contributed by atoms with Gasteiger partial charge in [-0.1, -0.05) is 26.0 Å². The molecular weight excluding hydrogens is 212 g/mol. The van der Waals surface area contributed by atoms with Gasteiger partial charge in [0, 0.05) is 18.8 Å². The summed E-state index contributed by atoms with van der Waals surface area (Å²) in [6, 6.07) is 8.14. The Kier molecular flexibility index (Phi) is 6.01. The highest BCUT2D eigenvalue weighted by molar-refractivity contribution is 5.40. The van der Waals surface area contributed by atoms with Crippen molar-refractivity contribution in [1.82, 2.24) is 5.06 Å². The highest BCUT2D eigenvalue weighted by Crippen LogP contribution is 2.20. The van der Waals surface area contributed by atoms with E-state index in [2.05, 4.69) is 26.0 Å². The van der Waals surface area contributed by atoms with Gasteiger partial charge in [0.1, 0.15) is 0 Å². The van der Waals surface area contributed by atoms with Crippen molar-refractivity contribution in [3.8, 4) is 0 Å². The molecule has 0 aliphatic rings. The molecule has 0 aliphatic heterocycles. The van der Waals surface area contributed by atoms with Crippen LogP contribution in [0.25, 0.3) is 0 Å². The summed E-state index contributed by atoms with van der Waals surface area (Å²) in [6.07, 6.45) is 2.21. The molecule has 17 heavy (non-hydrogen) atoms. The zero-order valence-corrected chi connectivity index (χ0v) is 11.1. The number of anilines is 1. The third-order valence-electron chi connectivity index (χ3n) is 3.05. The first-order valence-corrected chi connectivity index (χ1v) is 6.31. The molecule has 0 fully saturated rings. The Balaban J connectivity index is 2.43. The molecule has 0 amide bonds. The monoisotopic (exact) mass is 236 g/mol. The average molecular weight is 236 g/mol. The van der Waals surface area contributed by atoms with E-state index in [-0.39, 0.29) is 0 Å². The summed E-state index contributed by atoms with van der Waals surface area (Å²) >= 11 is 0. The molecule has 3 heteroatoms. The molecule has 0 saturated carbocycles. The molecule has 1 aromatic carbocycles. The maximum atomic E-state index is 5.68. The minimum atomic E-state index is 0.533. The molecule has 0 aliphatic carbocycles. The standard InChI is InChI=1S/C14H24N2O/c1-4-10-16(17-3)11-9-12(2)13-5-7-14(15)8-6-13/h5-8,12H,4,9-11,15H2,1-3H3. The van der Waals surface area contributed by atoms with Crippen molar-refractivity contribution in [2.45, 2.75) is 32.6 Å². The first-order chi connectivity index (χ1) is 8.17. The molecule has 0 radical (unpaired) electrons. The molecule has 0 heterocycles. The van der Waals surface area contributed by atoms with Crippen molar-refractivity contribution in [3.05, 3.63) is 29.8 Å². The Labute approximate surface area is 105 Å². The minimum Gasteiger partial charge on any atom is -0.399 e. The van der Waals surface area contributed by atoms with Crippen molar-refractivity contribution in [1.29, 1.82) is 0 Å². The van der Waals surface area contributed by atoms with Gasteiger partial charge in [0.05, 0.1) is 7.11 Å². The predicted molar refractivity (Wildman–Crippen MR) is 72.8 cm³/mol. The maximum absolute atomic E-state index is 5.68. The van der Waals surface area contributed by atoms with E-state index in [0.29, 0.717) is 5.92 Å². The van der Waals surface area contributed by atoms with E-state index >= 15 is 0 Å². The molecule has 2 N–H and O–H groups in total. The first-order valence-electron chi connectivity index (χ1n) is 6.31. The van der Waals surface area contributed by atoms with Crippen molar-refractivity contribution in [2.75, 3.05) is 25.9 Å². The summed E-state index contributed by atoms with van der Waals surface area (Å²) in [4.78, 5) is 5.31. The lowest BCUT2D eigenvalue weighted by atomic mass is 9.97. The number of nitrogen functional groups attached to an aromatic ring is 1. The third-order valence-corrected chi connectivity index (χ3v) is 3.05. The van der Waals surface area contributed by atoms with Gasteiger partial charge in [-0.05, 0) is 36.5 Å². The van der Waals surface area contributed by atoms with E-state index < -0.39 is 0 Å². The van der Waals surface area contributed by atoms with Crippen LogP contribution in [0.15, 0.2) is 24.3 Å². The van der Waals surface area contributed by atoms with E-state index in [4.69, 9.17) is 10.6 Å². The lowest BCUT2D eigenvalue weighted by molar-refractivity contribution is -0.132. The molecule has 3 nitrogen and oxygen atoms in total. The Hall–Kier alpha value is -1.06. The van der Waals surface area contributed by atoms with Crippen molar-refractivity contribution in [2.24, 2.45) is 0 Å². The zero-order valence-electron chi connectivity index (χ0n) is 11.1. The van der Waals surface area contributed by atoms with E-state index in [9.17, 15) is 0 Å². The van der Waals surface area contributed by atoms with Crippen LogP contribution in [0.1, 0.15) is 38.2 Å². The summed E-state index contributed by atoms with van der Waals surface area (Å²) in [5.74, 6) is 0.533. The number of nitrogens with two attached hydrogens (primary N) is 1. The SMILES string of the molecule is CCCN(CCC(C)c1ccc(N)cc1)OC. The number of nitrogens with zero attached hydrogens (tertiary/aromatic N) is 1. The Morgan fingerprint density at radius 3 is 2.41 bits per heavy atom.